The van der Waals surface area contributed by atoms with Crippen LogP contribution in [0.3, 0.4) is 0 Å². The second kappa shape index (κ2) is 9.14. The molecule has 36 heavy (non-hydrogen) atoms. The molecule has 0 bridgehead atoms. The fraction of sp³-hybridized carbons (Fsp3) is 0.280. The first kappa shape index (κ1) is 24.1. The van der Waals surface area contributed by atoms with Crippen LogP contribution in [-0.4, -0.2) is 41.4 Å². The summed E-state index contributed by atoms with van der Waals surface area (Å²) in [7, 11) is -4.23. The number of benzene rings is 1. The number of hydrogen-bond donors (Lipinski definition) is 2. The van der Waals surface area contributed by atoms with Crippen molar-refractivity contribution < 1.29 is 13.2 Å². The summed E-state index contributed by atoms with van der Waals surface area (Å²) >= 11 is 1.51. The van der Waals surface area contributed by atoms with E-state index in [1.165, 1.54) is 17.4 Å². The van der Waals surface area contributed by atoms with E-state index in [4.69, 9.17) is 0 Å². The highest BCUT2D eigenvalue weighted by Gasteiger charge is 2.39. The summed E-state index contributed by atoms with van der Waals surface area (Å²) in [6.45, 7) is 7.08. The molecule has 0 saturated carbocycles. The second-order valence-electron chi connectivity index (χ2n) is 9.56. The lowest BCUT2D eigenvalue weighted by Crippen LogP contribution is -2.41. The van der Waals surface area contributed by atoms with Crippen molar-refractivity contribution in [2.24, 2.45) is 5.92 Å². The minimum absolute atomic E-state index is 0.203. The van der Waals surface area contributed by atoms with E-state index in [9.17, 15) is 13.2 Å². The summed E-state index contributed by atoms with van der Waals surface area (Å²) in [5.41, 5.74) is 3.40. The van der Waals surface area contributed by atoms with Gasteiger partial charge in [-0.2, -0.15) is 8.42 Å². The van der Waals surface area contributed by atoms with Gasteiger partial charge in [-0.05, 0) is 68.7 Å². The van der Waals surface area contributed by atoms with Crippen LogP contribution < -0.4 is 14.9 Å². The third-order valence-electron chi connectivity index (χ3n) is 6.19. The third kappa shape index (κ3) is 4.76. The topological polar surface area (TPSA) is 117 Å². The predicted octanol–water partition coefficient (Wildman–Crippen LogP) is 4.57. The molecule has 1 aliphatic heterocycles. The normalized spacial score (nSPS) is 17.3. The lowest BCUT2D eigenvalue weighted by Gasteiger charge is -2.33. The lowest BCUT2D eigenvalue weighted by atomic mass is 9.97. The van der Waals surface area contributed by atoms with E-state index in [1.807, 2.05) is 18.2 Å². The molecule has 11 heteroatoms. The zero-order valence-electron chi connectivity index (χ0n) is 20.1. The predicted molar refractivity (Wildman–Crippen MR) is 141 cm³/mol. The number of fused-ring (bicyclic) bond motifs is 1. The van der Waals surface area contributed by atoms with Gasteiger partial charge >= 0.3 is 0 Å². The SMILES string of the molecule is CC1CN(c2ncccc2C(=O)NS(=O)(=O)c2cccc(Nc3ccc4ncsc4c3)n2)C(C)(C)C1. The van der Waals surface area contributed by atoms with E-state index in [2.05, 4.69) is 50.7 Å². The van der Waals surface area contributed by atoms with Crippen molar-refractivity contribution in [3.63, 3.8) is 0 Å². The van der Waals surface area contributed by atoms with Crippen molar-refractivity contribution in [2.45, 2.75) is 37.8 Å². The zero-order valence-corrected chi connectivity index (χ0v) is 21.7. The molecule has 5 rings (SSSR count). The maximum atomic E-state index is 13.2. The molecular weight excluding hydrogens is 496 g/mol. The van der Waals surface area contributed by atoms with Gasteiger partial charge < -0.3 is 10.2 Å². The molecule has 1 aromatic carbocycles. The number of sulfonamides is 1. The van der Waals surface area contributed by atoms with Crippen molar-refractivity contribution >= 4 is 54.8 Å². The lowest BCUT2D eigenvalue weighted by molar-refractivity contribution is 0.0981. The van der Waals surface area contributed by atoms with Crippen molar-refractivity contribution in [3.8, 4) is 0 Å². The molecule has 1 fully saturated rings. The Kier molecular flexibility index (Phi) is 6.13. The molecule has 1 aliphatic rings. The fourth-order valence-corrected chi connectivity index (χ4v) is 6.34. The summed E-state index contributed by atoms with van der Waals surface area (Å²) in [5.74, 6) is 0.493. The largest absolute Gasteiger partial charge is 0.351 e. The number of nitrogens with one attached hydrogen (secondary N) is 2. The Hall–Kier alpha value is -3.57. The van der Waals surface area contributed by atoms with Gasteiger partial charge in [-0.3, -0.25) is 4.79 Å². The van der Waals surface area contributed by atoms with Gasteiger partial charge in [0.25, 0.3) is 15.9 Å². The van der Waals surface area contributed by atoms with Gasteiger partial charge in [0.15, 0.2) is 5.03 Å². The molecule has 1 unspecified atom stereocenters. The number of aromatic nitrogens is 3. The summed E-state index contributed by atoms with van der Waals surface area (Å²) in [6.07, 6.45) is 2.56. The van der Waals surface area contributed by atoms with Crippen LogP contribution in [0.25, 0.3) is 10.2 Å². The number of amides is 1. The van der Waals surface area contributed by atoms with Gasteiger partial charge in [-0.25, -0.2) is 19.7 Å². The Labute approximate surface area is 213 Å². The van der Waals surface area contributed by atoms with Crippen LogP contribution in [0.4, 0.5) is 17.3 Å². The smallest absolute Gasteiger partial charge is 0.281 e. The summed E-state index contributed by atoms with van der Waals surface area (Å²) in [5, 5.41) is 2.85. The van der Waals surface area contributed by atoms with E-state index in [-0.39, 0.29) is 16.1 Å². The monoisotopic (exact) mass is 522 g/mol. The highest BCUT2D eigenvalue weighted by molar-refractivity contribution is 7.90. The average molecular weight is 523 g/mol. The van der Waals surface area contributed by atoms with Crippen LogP contribution >= 0.6 is 11.3 Å². The molecule has 1 atom stereocenters. The van der Waals surface area contributed by atoms with Crippen LogP contribution in [-0.2, 0) is 10.0 Å². The molecule has 9 nitrogen and oxygen atoms in total. The first-order valence-electron chi connectivity index (χ1n) is 11.5. The molecule has 3 aromatic heterocycles. The van der Waals surface area contributed by atoms with E-state index in [0.29, 0.717) is 17.6 Å². The number of pyridine rings is 2. The van der Waals surface area contributed by atoms with Crippen molar-refractivity contribution in [2.75, 3.05) is 16.8 Å². The van der Waals surface area contributed by atoms with E-state index in [1.54, 1.807) is 36.0 Å². The molecule has 186 valence electrons. The Balaban J connectivity index is 1.38. The summed E-state index contributed by atoms with van der Waals surface area (Å²) in [4.78, 5) is 28.2. The Bertz CT molecular complexity index is 1550. The van der Waals surface area contributed by atoms with Crippen LogP contribution in [0.5, 0.6) is 0 Å². The maximum Gasteiger partial charge on any atom is 0.281 e. The minimum atomic E-state index is -4.23. The van der Waals surface area contributed by atoms with E-state index in [0.717, 1.165) is 28.9 Å². The van der Waals surface area contributed by atoms with Gasteiger partial charge in [-0.1, -0.05) is 13.0 Å². The molecule has 2 N–H and O–H groups in total. The number of rotatable bonds is 6. The average Bonchev–Trinajstić information content (AvgIpc) is 3.41. The number of nitrogens with zero attached hydrogens (tertiary/aromatic N) is 4. The van der Waals surface area contributed by atoms with Gasteiger partial charge in [0.1, 0.15) is 11.6 Å². The fourth-order valence-electron chi connectivity index (χ4n) is 4.69. The number of thiazole rings is 1. The molecule has 4 aromatic rings. The number of carbonyl (C=O) groups excluding carboxylic acids is 1. The van der Waals surface area contributed by atoms with Crippen molar-refractivity contribution in [1.29, 1.82) is 0 Å². The maximum absolute atomic E-state index is 13.2. The van der Waals surface area contributed by atoms with Crippen molar-refractivity contribution in [3.05, 3.63) is 65.8 Å². The van der Waals surface area contributed by atoms with Crippen LogP contribution in [0.2, 0.25) is 0 Å². The molecule has 4 heterocycles. The van der Waals surface area contributed by atoms with Gasteiger partial charge in [0.2, 0.25) is 0 Å². The Morgan fingerprint density at radius 1 is 1.14 bits per heavy atom. The van der Waals surface area contributed by atoms with Gasteiger partial charge in [0.05, 0.1) is 21.3 Å². The highest BCUT2D eigenvalue weighted by Crippen LogP contribution is 2.37. The van der Waals surface area contributed by atoms with Gasteiger partial charge in [0, 0.05) is 24.0 Å². The van der Waals surface area contributed by atoms with Gasteiger partial charge in [-0.15, -0.1) is 11.3 Å². The standard InChI is InChI=1S/C25H26N6O3S2/c1-16-13-25(2,3)31(14-16)23-18(6-5-11-26-23)24(32)30-36(33,34)22-8-4-7-21(29-22)28-17-9-10-19-20(12-17)35-15-27-19/h4-12,15-16H,13-14H2,1-3H3,(H,28,29)(H,30,32). The molecular formula is C25H26N6O3S2. The van der Waals surface area contributed by atoms with Crippen LogP contribution in [0, 0.1) is 5.92 Å². The highest BCUT2D eigenvalue weighted by atomic mass is 32.2. The Morgan fingerprint density at radius 3 is 2.75 bits per heavy atom. The third-order valence-corrected chi connectivity index (χ3v) is 8.21. The first-order valence-corrected chi connectivity index (χ1v) is 13.9. The molecule has 1 saturated heterocycles. The number of carbonyl (C=O) groups is 1. The minimum Gasteiger partial charge on any atom is -0.351 e. The molecule has 1 amide bonds. The number of hydrogen-bond acceptors (Lipinski definition) is 9. The van der Waals surface area contributed by atoms with Crippen LogP contribution in [0.15, 0.2) is 65.3 Å². The second-order valence-corrected chi connectivity index (χ2v) is 12.1. The zero-order chi connectivity index (χ0) is 25.5. The molecule has 0 radical (unpaired) electrons. The number of anilines is 3. The molecule has 0 spiro atoms. The summed E-state index contributed by atoms with van der Waals surface area (Å²) < 4.78 is 29.4. The first-order chi connectivity index (χ1) is 17.1. The summed E-state index contributed by atoms with van der Waals surface area (Å²) in [6, 6.07) is 13.4. The van der Waals surface area contributed by atoms with Crippen LogP contribution in [0.1, 0.15) is 37.6 Å². The van der Waals surface area contributed by atoms with E-state index < -0.39 is 15.9 Å². The Morgan fingerprint density at radius 2 is 1.97 bits per heavy atom. The quantitative estimate of drug-likeness (QED) is 0.378. The molecule has 0 aliphatic carbocycles. The van der Waals surface area contributed by atoms with Crippen molar-refractivity contribution in [1.82, 2.24) is 19.7 Å². The van der Waals surface area contributed by atoms with E-state index >= 15 is 0 Å².